The topological polar surface area (TPSA) is 47.3 Å². The van der Waals surface area contributed by atoms with Gasteiger partial charge in [0.15, 0.2) is 0 Å². The Morgan fingerprint density at radius 2 is 1.95 bits per heavy atom. The molecular formula is C18H20N2O2. The van der Waals surface area contributed by atoms with Gasteiger partial charge < -0.3 is 14.4 Å². The van der Waals surface area contributed by atoms with Crippen molar-refractivity contribution in [3.8, 4) is 5.75 Å². The zero-order chi connectivity index (χ0) is 15.7. The van der Waals surface area contributed by atoms with Gasteiger partial charge >= 0.3 is 0 Å². The minimum Gasteiger partial charge on any atom is -0.497 e. The lowest BCUT2D eigenvalue weighted by atomic mass is 10.1. The van der Waals surface area contributed by atoms with Crippen LogP contribution >= 0.6 is 0 Å². The Kier molecular flexibility index (Phi) is 3.86. The van der Waals surface area contributed by atoms with Crippen molar-refractivity contribution >= 4 is 11.0 Å². The van der Waals surface area contributed by atoms with E-state index in [9.17, 15) is 5.11 Å². The quantitative estimate of drug-likeness (QED) is 0.802. The summed E-state index contributed by atoms with van der Waals surface area (Å²) in [6.45, 7) is 4.63. The van der Waals surface area contributed by atoms with Crippen molar-refractivity contribution < 1.29 is 9.84 Å². The first kappa shape index (κ1) is 14.6. The summed E-state index contributed by atoms with van der Waals surface area (Å²) in [6, 6.07) is 11.7. The molecule has 0 aliphatic carbocycles. The minimum atomic E-state index is -0.603. The van der Waals surface area contributed by atoms with E-state index < -0.39 is 6.10 Å². The summed E-state index contributed by atoms with van der Waals surface area (Å²) in [5, 5.41) is 10.5. The lowest BCUT2D eigenvalue weighted by Crippen LogP contribution is -2.08. The maximum absolute atomic E-state index is 10.5. The van der Waals surface area contributed by atoms with Crippen molar-refractivity contribution in [2.45, 2.75) is 26.5 Å². The fraction of sp³-hybridized carbons (Fsp3) is 0.278. The Hall–Kier alpha value is -2.33. The van der Waals surface area contributed by atoms with Gasteiger partial charge in [-0.1, -0.05) is 12.1 Å². The highest BCUT2D eigenvalue weighted by Crippen LogP contribution is 2.23. The van der Waals surface area contributed by atoms with Crippen LogP contribution in [0.25, 0.3) is 11.0 Å². The molecule has 1 unspecified atom stereocenters. The number of fused-ring (bicyclic) bond motifs is 1. The third-order valence-corrected chi connectivity index (χ3v) is 4.08. The summed E-state index contributed by atoms with van der Waals surface area (Å²) < 4.78 is 7.20. The largest absolute Gasteiger partial charge is 0.497 e. The predicted molar refractivity (Wildman–Crippen MR) is 87.2 cm³/mol. The minimum absolute atomic E-state index is 0.464. The third-order valence-electron chi connectivity index (χ3n) is 4.08. The van der Waals surface area contributed by atoms with E-state index in [1.165, 1.54) is 11.1 Å². The van der Waals surface area contributed by atoms with Gasteiger partial charge in [-0.3, -0.25) is 0 Å². The first-order chi connectivity index (χ1) is 10.6. The van der Waals surface area contributed by atoms with E-state index in [1.807, 2.05) is 28.8 Å². The van der Waals surface area contributed by atoms with Crippen LogP contribution in [-0.4, -0.2) is 21.8 Å². The van der Waals surface area contributed by atoms with Crippen molar-refractivity contribution in [2.24, 2.45) is 0 Å². The molecule has 0 aliphatic heterocycles. The summed E-state index contributed by atoms with van der Waals surface area (Å²) in [5.74, 6) is 0.749. The molecule has 0 aliphatic rings. The Balaban J connectivity index is 1.90. The van der Waals surface area contributed by atoms with Crippen molar-refractivity contribution in [2.75, 3.05) is 7.11 Å². The van der Waals surface area contributed by atoms with Crippen molar-refractivity contribution in [1.29, 1.82) is 0 Å². The van der Waals surface area contributed by atoms with E-state index in [-0.39, 0.29) is 0 Å². The number of hydrogen-bond donors (Lipinski definition) is 1. The number of rotatable bonds is 4. The predicted octanol–water partition coefficient (Wildman–Crippen LogP) is 3.40. The number of aliphatic hydroxyl groups excluding tert-OH is 1. The van der Waals surface area contributed by atoms with Crippen molar-refractivity contribution in [3.63, 3.8) is 0 Å². The number of hydrogen-bond acceptors (Lipinski definition) is 3. The normalized spacial score (nSPS) is 12.5. The molecule has 4 nitrogen and oxygen atoms in total. The molecule has 1 N–H and O–H groups in total. The second kappa shape index (κ2) is 5.81. The summed E-state index contributed by atoms with van der Waals surface area (Å²) in [4.78, 5) is 4.43. The highest BCUT2D eigenvalue weighted by molar-refractivity contribution is 5.77. The zero-order valence-electron chi connectivity index (χ0n) is 13.1. The molecule has 2 aromatic carbocycles. The number of nitrogens with zero attached hydrogens (tertiary/aromatic N) is 2. The van der Waals surface area contributed by atoms with E-state index in [4.69, 9.17) is 4.74 Å². The van der Waals surface area contributed by atoms with Gasteiger partial charge in [0.25, 0.3) is 0 Å². The van der Waals surface area contributed by atoms with Gasteiger partial charge in [0.1, 0.15) is 5.75 Å². The van der Waals surface area contributed by atoms with Gasteiger partial charge in [-0.05, 0) is 54.8 Å². The van der Waals surface area contributed by atoms with Gasteiger partial charge in [-0.25, -0.2) is 4.98 Å². The van der Waals surface area contributed by atoms with E-state index in [0.717, 1.165) is 22.3 Å². The van der Waals surface area contributed by atoms with Gasteiger partial charge in [0, 0.05) is 0 Å². The highest BCUT2D eigenvalue weighted by Gasteiger charge is 2.12. The van der Waals surface area contributed by atoms with Crippen LogP contribution in [0.2, 0.25) is 0 Å². The molecule has 3 aromatic rings. The number of benzene rings is 2. The van der Waals surface area contributed by atoms with E-state index in [0.29, 0.717) is 6.54 Å². The molecule has 0 fully saturated rings. The van der Waals surface area contributed by atoms with Crippen LogP contribution in [0.4, 0.5) is 0 Å². The molecule has 3 rings (SSSR count). The smallest absolute Gasteiger partial charge is 0.119 e. The Morgan fingerprint density at radius 1 is 1.18 bits per heavy atom. The molecule has 1 heterocycles. The Labute approximate surface area is 130 Å². The summed E-state index contributed by atoms with van der Waals surface area (Å²) >= 11 is 0. The second-order valence-corrected chi connectivity index (χ2v) is 5.61. The van der Waals surface area contributed by atoms with Gasteiger partial charge in [-0.2, -0.15) is 0 Å². The lowest BCUT2D eigenvalue weighted by Gasteiger charge is -2.14. The SMILES string of the molecule is COc1cccc(C(O)Cn2cnc3cc(C)c(C)cc32)c1. The van der Waals surface area contributed by atoms with E-state index in [1.54, 1.807) is 13.4 Å². The van der Waals surface area contributed by atoms with Crippen LogP contribution < -0.4 is 4.74 Å². The van der Waals surface area contributed by atoms with Crippen LogP contribution in [0.1, 0.15) is 22.8 Å². The Morgan fingerprint density at radius 3 is 2.73 bits per heavy atom. The number of imidazole rings is 1. The molecule has 0 saturated heterocycles. The number of aliphatic hydroxyl groups is 1. The first-order valence-electron chi connectivity index (χ1n) is 7.32. The molecule has 0 saturated carbocycles. The zero-order valence-corrected chi connectivity index (χ0v) is 13.1. The highest BCUT2D eigenvalue weighted by atomic mass is 16.5. The van der Waals surface area contributed by atoms with Crippen LogP contribution in [0.3, 0.4) is 0 Å². The Bertz CT molecular complexity index is 808. The van der Waals surface area contributed by atoms with Crippen LogP contribution in [-0.2, 0) is 6.54 Å². The molecule has 4 heteroatoms. The number of aromatic nitrogens is 2. The average molecular weight is 296 g/mol. The van der Waals surface area contributed by atoms with E-state index >= 15 is 0 Å². The van der Waals surface area contributed by atoms with Crippen LogP contribution in [0.5, 0.6) is 5.75 Å². The summed E-state index contributed by atoms with van der Waals surface area (Å²) in [7, 11) is 1.62. The molecule has 0 amide bonds. The monoisotopic (exact) mass is 296 g/mol. The molecule has 0 bridgehead atoms. The van der Waals surface area contributed by atoms with E-state index in [2.05, 4.69) is 31.0 Å². The number of aryl methyl sites for hydroxylation is 2. The van der Waals surface area contributed by atoms with Gasteiger partial charge in [-0.15, -0.1) is 0 Å². The number of ether oxygens (including phenoxy) is 1. The van der Waals surface area contributed by atoms with Crippen molar-refractivity contribution in [1.82, 2.24) is 9.55 Å². The fourth-order valence-corrected chi connectivity index (χ4v) is 2.60. The van der Waals surface area contributed by atoms with Gasteiger partial charge in [0.05, 0.1) is 37.1 Å². The second-order valence-electron chi connectivity index (χ2n) is 5.61. The van der Waals surface area contributed by atoms with Crippen molar-refractivity contribution in [3.05, 3.63) is 59.4 Å². The molecule has 22 heavy (non-hydrogen) atoms. The average Bonchev–Trinajstić information content (AvgIpc) is 2.90. The standard InChI is InChI=1S/C18H20N2O2/c1-12-7-16-17(8-13(12)2)20(11-19-16)10-18(21)14-5-4-6-15(9-14)22-3/h4-9,11,18,21H,10H2,1-3H3. The molecule has 0 radical (unpaired) electrons. The molecule has 114 valence electrons. The van der Waals surface area contributed by atoms with Crippen LogP contribution in [0, 0.1) is 13.8 Å². The molecule has 1 aromatic heterocycles. The molecular weight excluding hydrogens is 276 g/mol. The summed E-state index contributed by atoms with van der Waals surface area (Å²) in [6.07, 6.45) is 1.18. The first-order valence-corrected chi connectivity index (χ1v) is 7.32. The van der Waals surface area contributed by atoms with Crippen LogP contribution in [0.15, 0.2) is 42.7 Å². The molecule has 0 spiro atoms. The molecule has 1 atom stereocenters. The summed E-state index contributed by atoms with van der Waals surface area (Å²) in [5.41, 5.74) is 5.30. The maximum Gasteiger partial charge on any atom is 0.119 e. The lowest BCUT2D eigenvalue weighted by molar-refractivity contribution is 0.157. The maximum atomic E-state index is 10.5. The fourth-order valence-electron chi connectivity index (χ4n) is 2.60. The third kappa shape index (κ3) is 2.70. The van der Waals surface area contributed by atoms with Gasteiger partial charge in [0.2, 0.25) is 0 Å². The number of methoxy groups -OCH3 is 1.